The second-order valence-corrected chi connectivity index (χ2v) is 4.30. The van der Waals surface area contributed by atoms with Gasteiger partial charge in [-0.05, 0) is 36.0 Å². The average molecular weight is 192 g/mol. The van der Waals surface area contributed by atoms with E-state index in [9.17, 15) is 0 Å². The maximum Gasteiger partial charge on any atom is 0.118 e. The summed E-state index contributed by atoms with van der Waals surface area (Å²) in [5.74, 6) is 2.33. The van der Waals surface area contributed by atoms with Gasteiger partial charge in [0.15, 0.2) is 0 Å². The summed E-state index contributed by atoms with van der Waals surface area (Å²) in [6.07, 6.45) is 1.24. The zero-order valence-electron chi connectivity index (χ0n) is 9.58. The molecule has 0 fully saturated rings. The predicted octanol–water partition coefficient (Wildman–Crippen LogP) is 3.84. The van der Waals surface area contributed by atoms with Gasteiger partial charge >= 0.3 is 0 Å². The smallest absolute Gasteiger partial charge is 0.118 e. The lowest BCUT2D eigenvalue weighted by molar-refractivity contribution is 0.414. The first-order valence-corrected chi connectivity index (χ1v) is 5.27. The summed E-state index contributed by atoms with van der Waals surface area (Å²) >= 11 is 0. The zero-order chi connectivity index (χ0) is 10.6. The van der Waals surface area contributed by atoms with Gasteiger partial charge in [-0.2, -0.15) is 0 Å². The Labute approximate surface area is 87.1 Å². The number of hydrogen-bond donors (Lipinski definition) is 0. The molecule has 1 unspecified atom stereocenters. The van der Waals surface area contributed by atoms with Gasteiger partial charge < -0.3 is 4.74 Å². The molecule has 0 saturated carbocycles. The second-order valence-electron chi connectivity index (χ2n) is 4.30. The molecular weight excluding hydrogens is 172 g/mol. The van der Waals surface area contributed by atoms with Gasteiger partial charge in [-0.15, -0.1) is 0 Å². The summed E-state index contributed by atoms with van der Waals surface area (Å²) < 4.78 is 5.13. The topological polar surface area (TPSA) is 9.23 Å². The van der Waals surface area contributed by atoms with Crippen LogP contribution in [0.25, 0.3) is 0 Å². The first kappa shape index (κ1) is 11.1. The van der Waals surface area contributed by atoms with E-state index < -0.39 is 0 Å². The Kier molecular flexibility index (Phi) is 3.99. The summed E-state index contributed by atoms with van der Waals surface area (Å²) in [7, 11) is 1.70. The Morgan fingerprint density at radius 1 is 1.07 bits per heavy atom. The molecule has 1 aromatic rings. The van der Waals surface area contributed by atoms with Crippen LogP contribution in [0.2, 0.25) is 0 Å². The van der Waals surface area contributed by atoms with Crippen molar-refractivity contribution in [1.82, 2.24) is 0 Å². The fourth-order valence-corrected chi connectivity index (χ4v) is 1.78. The van der Waals surface area contributed by atoms with Crippen LogP contribution < -0.4 is 4.74 Å². The van der Waals surface area contributed by atoms with Crippen LogP contribution in [0.1, 0.15) is 38.7 Å². The first-order chi connectivity index (χ1) is 6.63. The molecule has 0 amide bonds. The third-order valence-corrected chi connectivity index (χ3v) is 2.51. The van der Waals surface area contributed by atoms with Crippen LogP contribution in [-0.2, 0) is 0 Å². The van der Waals surface area contributed by atoms with Crippen molar-refractivity contribution in [3.05, 3.63) is 29.8 Å². The first-order valence-electron chi connectivity index (χ1n) is 5.27. The normalized spacial score (nSPS) is 12.9. The summed E-state index contributed by atoms with van der Waals surface area (Å²) in [4.78, 5) is 0. The Hall–Kier alpha value is -0.980. The average Bonchev–Trinajstić information content (AvgIpc) is 2.17. The predicted molar refractivity (Wildman–Crippen MR) is 60.9 cm³/mol. The van der Waals surface area contributed by atoms with Gasteiger partial charge in [-0.3, -0.25) is 0 Å². The van der Waals surface area contributed by atoms with Gasteiger partial charge in [0.1, 0.15) is 5.75 Å². The molecule has 0 spiro atoms. The fourth-order valence-electron chi connectivity index (χ4n) is 1.78. The van der Waals surface area contributed by atoms with Gasteiger partial charge in [0.2, 0.25) is 0 Å². The number of rotatable bonds is 4. The zero-order valence-corrected chi connectivity index (χ0v) is 9.58. The van der Waals surface area contributed by atoms with E-state index in [-0.39, 0.29) is 0 Å². The third kappa shape index (κ3) is 3.06. The molecule has 14 heavy (non-hydrogen) atoms. The van der Waals surface area contributed by atoms with Gasteiger partial charge in [-0.1, -0.05) is 32.9 Å². The highest BCUT2D eigenvalue weighted by Gasteiger charge is 2.07. The molecule has 0 aliphatic carbocycles. The molecule has 0 aliphatic rings. The van der Waals surface area contributed by atoms with Gasteiger partial charge in [0.25, 0.3) is 0 Å². The minimum absolute atomic E-state index is 0.640. The summed E-state index contributed by atoms with van der Waals surface area (Å²) in [6, 6.07) is 8.38. The van der Waals surface area contributed by atoms with Gasteiger partial charge in [0.05, 0.1) is 7.11 Å². The van der Waals surface area contributed by atoms with E-state index in [0.717, 1.165) is 11.7 Å². The van der Waals surface area contributed by atoms with Crippen LogP contribution in [-0.4, -0.2) is 7.11 Å². The van der Waals surface area contributed by atoms with E-state index in [1.165, 1.54) is 12.0 Å². The standard InChI is InChI=1S/C13H20O/c1-10(2)9-11(3)12-5-7-13(14-4)8-6-12/h5-8,10-11H,9H2,1-4H3. The van der Waals surface area contributed by atoms with Crippen LogP contribution in [0.15, 0.2) is 24.3 Å². The molecule has 78 valence electrons. The van der Waals surface area contributed by atoms with Crippen molar-refractivity contribution in [3.8, 4) is 5.75 Å². The Morgan fingerprint density at radius 3 is 2.07 bits per heavy atom. The third-order valence-electron chi connectivity index (χ3n) is 2.51. The monoisotopic (exact) mass is 192 g/mol. The largest absolute Gasteiger partial charge is 0.497 e. The van der Waals surface area contributed by atoms with Crippen LogP contribution in [0, 0.1) is 5.92 Å². The number of ether oxygens (including phenoxy) is 1. The van der Waals surface area contributed by atoms with Crippen molar-refractivity contribution in [1.29, 1.82) is 0 Å². The number of methoxy groups -OCH3 is 1. The lowest BCUT2D eigenvalue weighted by Crippen LogP contribution is -1.98. The van der Waals surface area contributed by atoms with Gasteiger partial charge in [-0.25, -0.2) is 0 Å². The highest BCUT2D eigenvalue weighted by atomic mass is 16.5. The quantitative estimate of drug-likeness (QED) is 0.704. The molecule has 0 radical (unpaired) electrons. The summed E-state index contributed by atoms with van der Waals surface area (Å²) in [5.41, 5.74) is 1.40. The van der Waals surface area contributed by atoms with E-state index in [0.29, 0.717) is 5.92 Å². The minimum Gasteiger partial charge on any atom is -0.497 e. The fraction of sp³-hybridized carbons (Fsp3) is 0.538. The Balaban J connectivity index is 2.66. The van der Waals surface area contributed by atoms with Crippen molar-refractivity contribution >= 4 is 0 Å². The van der Waals surface area contributed by atoms with E-state index >= 15 is 0 Å². The lowest BCUT2D eigenvalue weighted by Gasteiger charge is -2.14. The summed E-state index contributed by atoms with van der Waals surface area (Å²) in [6.45, 7) is 6.81. The van der Waals surface area contributed by atoms with Crippen LogP contribution in [0.4, 0.5) is 0 Å². The van der Waals surface area contributed by atoms with Crippen molar-refractivity contribution in [3.63, 3.8) is 0 Å². The minimum atomic E-state index is 0.640. The van der Waals surface area contributed by atoms with Crippen molar-refractivity contribution < 1.29 is 4.74 Å². The van der Waals surface area contributed by atoms with E-state index in [1.54, 1.807) is 7.11 Å². The molecule has 0 aromatic heterocycles. The molecule has 0 aliphatic heterocycles. The molecular formula is C13H20O. The Morgan fingerprint density at radius 2 is 1.64 bits per heavy atom. The van der Waals surface area contributed by atoms with Gasteiger partial charge in [0, 0.05) is 0 Å². The molecule has 1 heteroatoms. The van der Waals surface area contributed by atoms with E-state index in [2.05, 4.69) is 32.9 Å². The highest BCUT2D eigenvalue weighted by Crippen LogP contribution is 2.24. The van der Waals surface area contributed by atoms with E-state index in [1.807, 2.05) is 12.1 Å². The molecule has 0 bridgehead atoms. The number of hydrogen-bond acceptors (Lipinski definition) is 1. The second kappa shape index (κ2) is 5.04. The molecule has 1 atom stereocenters. The molecule has 0 N–H and O–H groups in total. The molecule has 1 aromatic carbocycles. The molecule has 1 nitrogen and oxygen atoms in total. The SMILES string of the molecule is COc1ccc(C(C)CC(C)C)cc1. The summed E-state index contributed by atoms with van der Waals surface area (Å²) in [5, 5.41) is 0. The maximum absolute atomic E-state index is 5.13. The highest BCUT2D eigenvalue weighted by molar-refractivity contribution is 5.29. The van der Waals surface area contributed by atoms with Crippen molar-refractivity contribution in [2.24, 2.45) is 5.92 Å². The van der Waals surface area contributed by atoms with Crippen molar-refractivity contribution in [2.75, 3.05) is 7.11 Å². The van der Waals surface area contributed by atoms with E-state index in [4.69, 9.17) is 4.74 Å². The molecule has 1 rings (SSSR count). The van der Waals surface area contributed by atoms with Crippen LogP contribution >= 0.6 is 0 Å². The molecule has 0 saturated heterocycles. The van der Waals surface area contributed by atoms with Crippen molar-refractivity contribution in [2.45, 2.75) is 33.1 Å². The molecule has 0 heterocycles. The number of benzene rings is 1. The lowest BCUT2D eigenvalue weighted by atomic mass is 9.92. The maximum atomic E-state index is 5.13. The van der Waals surface area contributed by atoms with Crippen LogP contribution in [0.3, 0.4) is 0 Å². The Bertz CT molecular complexity index is 261. The van der Waals surface area contributed by atoms with Crippen LogP contribution in [0.5, 0.6) is 5.75 Å².